The maximum absolute atomic E-state index is 11.2. The van der Waals surface area contributed by atoms with Gasteiger partial charge < -0.3 is 24.7 Å². The zero-order valence-electron chi connectivity index (χ0n) is 13.8. The highest BCUT2D eigenvalue weighted by Gasteiger charge is 2.49. The van der Waals surface area contributed by atoms with Gasteiger partial charge in [0.25, 0.3) is 0 Å². The second-order valence-corrected chi connectivity index (χ2v) is 7.35. The molecule has 1 aromatic carbocycles. The summed E-state index contributed by atoms with van der Waals surface area (Å²) in [5.74, 6) is 1.13. The van der Waals surface area contributed by atoms with Crippen molar-refractivity contribution in [1.29, 1.82) is 0 Å². The van der Waals surface area contributed by atoms with E-state index in [1.165, 1.54) is 17.5 Å². The second-order valence-electron chi connectivity index (χ2n) is 6.94. The molecule has 8 heteroatoms. The Morgan fingerprint density at radius 1 is 1.44 bits per heavy atom. The van der Waals surface area contributed by atoms with E-state index in [9.17, 15) is 5.11 Å². The van der Waals surface area contributed by atoms with Crippen molar-refractivity contribution in [1.82, 2.24) is 14.9 Å². The molecule has 0 amide bonds. The number of thiocarbonyl (C=S) groups is 1. The molecule has 0 aliphatic carbocycles. The van der Waals surface area contributed by atoms with Gasteiger partial charge in [-0.25, -0.2) is 4.98 Å². The number of nitrogens with one attached hydrogen (secondary N) is 2. The van der Waals surface area contributed by atoms with Crippen LogP contribution in [0.25, 0.3) is 11.0 Å². The predicted molar refractivity (Wildman–Crippen MR) is 107 cm³/mol. The van der Waals surface area contributed by atoms with Gasteiger partial charge in [0, 0.05) is 26.1 Å². The first-order valence-corrected chi connectivity index (χ1v) is 8.87. The summed E-state index contributed by atoms with van der Waals surface area (Å²) in [6, 6.07) is 8.01. The van der Waals surface area contributed by atoms with Crippen molar-refractivity contribution in [3.05, 3.63) is 24.3 Å². The molecule has 0 saturated carbocycles. The predicted octanol–water partition coefficient (Wildman–Crippen LogP) is 0.112. The van der Waals surface area contributed by atoms with E-state index in [-0.39, 0.29) is 7.98 Å². The fourth-order valence-corrected chi connectivity index (χ4v) is 4.14. The summed E-state index contributed by atoms with van der Waals surface area (Å²) in [6.45, 7) is 4.02. The van der Waals surface area contributed by atoms with Crippen molar-refractivity contribution in [2.45, 2.75) is 18.4 Å². The Kier molecular flexibility index (Phi) is 4.01. The van der Waals surface area contributed by atoms with Crippen LogP contribution in [0.4, 0.5) is 5.95 Å². The number of hydrogen-bond acceptors (Lipinski definition) is 3. The maximum atomic E-state index is 11.2. The third kappa shape index (κ3) is 3.03. The topological polar surface area (TPSA) is 62.1 Å². The van der Waals surface area contributed by atoms with Crippen LogP contribution in [0, 0.1) is 5.92 Å². The van der Waals surface area contributed by atoms with Crippen LogP contribution in [-0.4, -0.2) is 63.9 Å². The minimum atomic E-state index is -0.615. The van der Waals surface area contributed by atoms with Gasteiger partial charge in [0.05, 0.1) is 24.1 Å². The number of hydrogen-bond donors (Lipinski definition) is 3. The number of aliphatic hydroxyl groups is 1. The van der Waals surface area contributed by atoms with E-state index < -0.39 is 5.60 Å². The van der Waals surface area contributed by atoms with Gasteiger partial charge in [-0.2, -0.15) is 0 Å². The van der Waals surface area contributed by atoms with Crippen molar-refractivity contribution in [2.75, 3.05) is 31.5 Å². The van der Waals surface area contributed by atoms with Crippen LogP contribution in [0.5, 0.6) is 0 Å². The lowest BCUT2D eigenvalue weighted by atomic mass is 9.72. The number of anilines is 1. The highest BCUT2D eigenvalue weighted by Crippen LogP contribution is 2.38. The summed E-state index contributed by atoms with van der Waals surface area (Å²) in [5, 5.41) is 18.1. The first kappa shape index (κ1) is 16.8. The molecule has 1 aromatic heterocycles. The number of aromatic nitrogens is 2. The van der Waals surface area contributed by atoms with Crippen molar-refractivity contribution in [2.24, 2.45) is 13.0 Å². The average molecular weight is 359 g/mol. The Labute approximate surface area is 154 Å². The van der Waals surface area contributed by atoms with E-state index in [0.29, 0.717) is 17.6 Å². The van der Waals surface area contributed by atoms with E-state index in [2.05, 4.69) is 15.6 Å². The standard InChI is InChI=1S/C17H26BN5OS/c1-22-14-5-3-2-4-13(14)20-15(22)21-16(25)19-10-17(24)11-23(18)8-6-12(17)7-9-23/h2-5,12,24H,6-11H2,1,18H3,(H2,19,20,21,25). The Balaban J connectivity index is 1.41. The molecular formula is C17H26BN5OS. The summed E-state index contributed by atoms with van der Waals surface area (Å²) in [7, 11) is 2.17. The van der Waals surface area contributed by atoms with Gasteiger partial charge in [0.1, 0.15) is 5.60 Å². The highest BCUT2D eigenvalue weighted by molar-refractivity contribution is 7.80. The summed E-state index contributed by atoms with van der Waals surface area (Å²) >= 11 is 5.46. The normalized spacial score (nSPS) is 31.2. The number of fused-ring (bicyclic) bond motifs is 4. The molecular weight excluding hydrogens is 333 g/mol. The van der Waals surface area contributed by atoms with Gasteiger partial charge in [-0.05, 0) is 37.2 Å². The largest absolute Gasteiger partial charge is 0.520 e. The summed E-state index contributed by atoms with van der Waals surface area (Å²) in [4.78, 5) is 4.58. The molecule has 1 unspecified atom stereocenters. The smallest absolute Gasteiger partial charge is 0.209 e. The van der Waals surface area contributed by atoms with Gasteiger partial charge in [0.2, 0.25) is 5.95 Å². The zero-order valence-corrected chi connectivity index (χ0v) is 14.6. The number of aryl methyl sites for hydroxylation is 1. The number of quaternary nitrogens is 1. The third-order valence-corrected chi connectivity index (χ3v) is 5.66. The van der Waals surface area contributed by atoms with Crippen LogP contribution in [0.2, 0.25) is 0 Å². The molecule has 2 aromatic rings. The molecule has 3 aliphatic heterocycles. The van der Waals surface area contributed by atoms with E-state index in [0.717, 1.165) is 36.4 Å². The van der Waals surface area contributed by atoms with Gasteiger partial charge >= 0.3 is 0 Å². The van der Waals surface area contributed by atoms with E-state index in [4.69, 9.17) is 12.2 Å². The lowest BCUT2D eigenvalue weighted by molar-refractivity contribution is -0.846. The van der Waals surface area contributed by atoms with E-state index >= 15 is 0 Å². The molecule has 3 aliphatic rings. The molecule has 6 nitrogen and oxygen atoms in total. The van der Waals surface area contributed by atoms with Crippen LogP contribution in [0.3, 0.4) is 0 Å². The molecule has 3 fully saturated rings. The fourth-order valence-electron chi connectivity index (χ4n) is 3.98. The molecule has 25 heavy (non-hydrogen) atoms. The second kappa shape index (κ2) is 5.97. The highest BCUT2D eigenvalue weighted by atomic mass is 32.1. The summed E-state index contributed by atoms with van der Waals surface area (Å²) < 4.78 is 3.22. The van der Waals surface area contributed by atoms with Gasteiger partial charge in [-0.15, -0.1) is 0 Å². The number of nitrogens with zero attached hydrogens (tertiary/aromatic N) is 3. The average Bonchev–Trinajstić information content (AvgIpc) is 2.89. The molecule has 134 valence electrons. The number of rotatable bonds is 3. The monoisotopic (exact) mass is 359 g/mol. The van der Waals surface area contributed by atoms with Crippen LogP contribution in [0.15, 0.2) is 24.3 Å². The first-order chi connectivity index (χ1) is 11.9. The van der Waals surface area contributed by atoms with Crippen molar-refractivity contribution >= 4 is 42.3 Å². The minimum absolute atomic E-state index is 0.193. The fraction of sp³-hybridized carbons (Fsp3) is 0.529. The number of benzene rings is 1. The van der Waals surface area contributed by atoms with E-state index in [1.54, 1.807) is 0 Å². The molecule has 2 bridgehead atoms. The Hall–Kier alpha value is -1.64. The first-order valence-electron chi connectivity index (χ1n) is 8.46. The molecule has 3 N–H and O–H groups in total. The zero-order chi connectivity index (χ0) is 17.7. The molecule has 4 heterocycles. The SMILES string of the molecule is [BH3-][N+]12CCC(CC1)C(O)(CNC(=S)Nc1nc3ccccc3n1C)C2. The van der Waals surface area contributed by atoms with Crippen LogP contribution >= 0.6 is 12.2 Å². The van der Waals surface area contributed by atoms with Gasteiger partial charge in [-0.3, -0.25) is 0 Å². The number of imidazole rings is 1. The van der Waals surface area contributed by atoms with Crippen LogP contribution in [0.1, 0.15) is 12.8 Å². The molecule has 0 radical (unpaired) electrons. The minimum Gasteiger partial charge on any atom is -0.520 e. The number of para-hydroxylation sites is 2. The Morgan fingerprint density at radius 3 is 2.84 bits per heavy atom. The van der Waals surface area contributed by atoms with Crippen LogP contribution in [-0.2, 0) is 7.05 Å². The third-order valence-electron chi connectivity index (χ3n) is 5.41. The Bertz CT molecular complexity index is 816. The molecule has 1 atom stereocenters. The molecule has 0 spiro atoms. The molecule has 3 saturated heterocycles. The van der Waals surface area contributed by atoms with Crippen molar-refractivity contribution in [3.8, 4) is 0 Å². The van der Waals surface area contributed by atoms with E-state index in [1.807, 2.05) is 35.9 Å². The van der Waals surface area contributed by atoms with Gasteiger partial charge in [-0.1, -0.05) is 12.1 Å². The van der Waals surface area contributed by atoms with Crippen molar-refractivity contribution in [3.63, 3.8) is 0 Å². The number of piperidine rings is 3. The summed E-state index contributed by atoms with van der Waals surface area (Å²) in [5.41, 5.74) is 1.39. The maximum Gasteiger partial charge on any atom is 0.209 e. The Morgan fingerprint density at radius 2 is 2.16 bits per heavy atom. The van der Waals surface area contributed by atoms with Crippen LogP contribution < -0.4 is 10.6 Å². The van der Waals surface area contributed by atoms with Crippen molar-refractivity contribution < 1.29 is 9.50 Å². The lowest BCUT2D eigenvalue weighted by Gasteiger charge is -2.60. The molecule has 5 rings (SSSR count). The van der Waals surface area contributed by atoms with Gasteiger partial charge in [0.15, 0.2) is 13.1 Å². The summed E-state index contributed by atoms with van der Waals surface area (Å²) in [6.07, 6.45) is 2.32. The lowest BCUT2D eigenvalue weighted by Crippen LogP contribution is -2.70. The quantitative estimate of drug-likeness (QED) is 0.537.